The Bertz CT molecular complexity index is 1120. The lowest BCUT2D eigenvalue weighted by Gasteiger charge is -2.36. The molecule has 1 aromatic heterocycles. The van der Waals surface area contributed by atoms with Crippen molar-refractivity contribution in [2.24, 2.45) is 17.4 Å². The van der Waals surface area contributed by atoms with Crippen LogP contribution in [0.5, 0.6) is 0 Å². The van der Waals surface area contributed by atoms with E-state index in [1.54, 1.807) is 0 Å². The summed E-state index contributed by atoms with van der Waals surface area (Å²) >= 11 is 1.18. The maximum atomic E-state index is 12.4. The Labute approximate surface area is 218 Å². The number of carbonyl (C=O) groups excluding carboxylic acids is 1. The van der Waals surface area contributed by atoms with E-state index in [4.69, 9.17) is 16.5 Å². The monoisotopic (exact) mass is 504 g/mol. The third-order valence-electron chi connectivity index (χ3n) is 7.00. The van der Waals surface area contributed by atoms with E-state index in [2.05, 4.69) is 24.0 Å². The summed E-state index contributed by atoms with van der Waals surface area (Å²) < 4.78 is 0. The zero-order valence-corrected chi connectivity index (χ0v) is 22.1. The van der Waals surface area contributed by atoms with Gasteiger partial charge in [0, 0.05) is 19.1 Å². The number of hydrogen-bond donors (Lipinski definition) is 2. The van der Waals surface area contributed by atoms with Gasteiger partial charge in [0.15, 0.2) is 0 Å². The maximum absolute atomic E-state index is 12.4. The van der Waals surface area contributed by atoms with Gasteiger partial charge in [-0.3, -0.25) is 4.79 Å². The molecule has 0 radical (unpaired) electrons. The Hall–Kier alpha value is -3.07. The summed E-state index contributed by atoms with van der Waals surface area (Å²) in [5, 5.41) is 19.8. The standard InChI is InChI=1S/C28H36N6OS/c1-3-5-7-12-24(31)19-13-15-34(16-14-19)27-22(17-29)21(4-2)23(18-30)28(33-27)36-25(26(32)35)20-10-8-6-9-11-20/h6,8-11,19,24-25H,3-5,7,12-16,31H2,1-2H3,(H2,32,35). The summed E-state index contributed by atoms with van der Waals surface area (Å²) in [5.74, 6) is 0.544. The third-order valence-corrected chi connectivity index (χ3v) is 8.26. The Morgan fingerprint density at radius 2 is 1.81 bits per heavy atom. The van der Waals surface area contributed by atoms with E-state index >= 15 is 0 Å². The fraction of sp³-hybridized carbons (Fsp3) is 0.500. The van der Waals surface area contributed by atoms with Crippen molar-refractivity contribution in [3.05, 3.63) is 52.6 Å². The molecule has 1 saturated heterocycles. The molecule has 3 rings (SSSR count). The smallest absolute Gasteiger partial charge is 0.235 e. The third kappa shape index (κ3) is 6.37. The first-order chi connectivity index (χ1) is 17.4. The van der Waals surface area contributed by atoms with Gasteiger partial charge in [-0.25, -0.2) is 4.98 Å². The second-order valence-electron chi connectivity index (χ2n) is 9.34. The van der Waals surface area contributed by atoms with Gasteiger partial charge in [-0.2, -0.15) is 10.5 Å². The first-order valence-electron chi connectivity index (χ1n) is 12.8. The Kier molecular flexibility index (Phi) is 10.2. The number of thioether (sulfide) groups is 1. The SMILES string of the molecule is CCCCCC(N)C1CCN(c2nc(SC(C(N)=O)c3ccccc3)c(C#N)c(CC)c2C#N)CC1. The highest BCUT2D eigenvalue weighted by atomic mass is 32.2. The van der Waals surface area contributed by atoms with E-state index in [0.29, 0.717) is 39.9 Å². The number of carbonyl (C=O) groups is 1. The van der Waals surface area contributed by atoms with Crippen LogP contribution in [0.15, 0.2) is 35.4 Å². The Balaban J connectivity index is 1.92. The molecule has 0 spiro atoms. The molecule has 8 heteroatoms. The minimum atomic E-state index is -0.692. The fourth-order valence-corrected chi connectivity index (χ4v) is 5.99. The molecule has 2 unspecified atom stereocenters. The quantitative estimate of drug-likeness (QED) is 0.331. The average molecular weight is 505 g/mol. The molecule has 190 valence electrons. The molecular formula is C28H36N6OS. The molecule has 2 heterocycles. The van der Waals surface area contributed by atoms with Crippen LogP contribution in [0.1, 0.15) is 79.9 Å². The second-order valence-corrected chi connectivity index (χ2v) is 10.4. The van der Waals surface area contributed by atoms with Crippen LogP contribution in [0.2, 0.25) is 0 Å². The normalized spacial score (nSPS) is 15.6. The minimum absolute atomic E-state index is 0.197. The van der Waals surface area contributed by atoms with Gasteiger partial charge >= 0.3 is 0 Å². The van der Waals surface area contributed by atoms with Crippen LogP contribution in [-0.2, 0) is 11.2 Å². The largest absolute Gasteiger partial charge is 0.368 e. The first-order valence-corrected chi connectivity index (χ1v) is 13.7. The van der Waals surface area contributed by atoms with Crippen LogP contribution in [0, 0.1) is 28.6 Å². The van der Waals surface area contributed by atoms with Crippen LogP contribution in [0.25, 0.3) is 0 Å². The molecule has 0 aliphatic carbocycles. The molecular weight excluding hydrogens is 468 g/mol. The number of rotatable bonds is 11. The molecule has 1 fully saturated rings. The van der Waals surface area contributed by atoms with E-state index in [1.807, 2.05) is 37.3 Å². The van der Waals surface area contributed by atoms with E-state index in [1.165, 1.54) is 24.6 Å². The number of piperidine rings is 1. The lowest BCUT2D eigenvalue weighted by Crippen LogP contribution is -2.41. The average Bonchev–Trinajstić information content (AvgIpc) is 2.91. The number of nitriles is 2. The summed E-state index contributed by atoms with van der Waals surface area (Å²) in [6.45, 7) is 5.64. The molecule has 7 nitrogen and oxygen atoms in total. The number of pyridine rings is 1. The molecule has 1 aliphatic heterocycles. The van der Waals surface area contributed by atoms with Crippen LogP contribution in [-0.4, -0.2) is 30.0 Å². The number of benzene rings is 1. The summed E-state index contributed by atoms with van der Waals surface area (Å²) in [4.78, 5) is 19.3. The Morgan fingerprint density at radius 1 is 1.14 bits per heavy atom. The van der Waals surface area contributed by atoms with Crippen molar-refractivity contribution in [1.82, 2.24) is 4.98 Å². The highest BCUT2D eigenvalue weighted by Gasteiger charge is 2.30. The van der Waals surface area contributed by atoms with Crippen molar-refractivity contribution in [3.8, 4) is 12.1 Å². The van der Waals surface area contributed by atoms with Gasteiger partial charge < -0.3 is 16.4 Å². The molecule has 0 saturated carbocycles. The van der Waals surface area contributed by atoms with Crippen molar-refractivity contribution < 1.29 is 4.79 Å². The van der Waals surface area contributed by atoms with Gasteiger partial charge in [-0.15, -0.1) is 0 Å². The van der Waals surface area contributed by atoms with Gasteiger partial charge in [-0.1, -0.05) is 75.2 Å². The molecule has 4 N–H and O–H groups in total. The number of aromatic nitrogens is 1. The van der Waals surface area contributed by atoms with Crippen molar-refractivity contribution >= 4 is 23.5 Å². The topological polar surface area (TPSA) is 133 Å². The van der Waals surface area contributed by atoms with Crippen LogP contribution in [0.4, 0.5) is 5.82 Å². The van der Waals surface area contributed by atoms with Crippen molar-refractivity contribution in [2.75, 3.05) is 18.0 Å². The number of hydrogen-bond acceptors (Lipinski definition) is 7. The maximum Gasteiger partial charge on any atom is 0.235 e. The van der Waals surface area contributed by atoms with Crippen LogP contribution < -0.4 is 16.4 Å². The molecule has 1 aromatic carbocycles. The second kappa shape index (κ2) is 13.3. The lowest BCUT2D eigenvalue weighted by molar-refractivity contribution is -0.117. The summed E-state index contributed by atoms with van der Waals surface area (Å²) in [6.07, 6.45) is 7.01. The molecule has 1 amide bonds. The first kappa shape index (κ1) is 27.5. The summed E-state index contributed by atoms with van der Waals surface area (Å²) in [7, 11) is 0. The van der Waals surface area contributed by atoms with Crippen molar-refractivity contribution in [3.63, 3.8) is 0 Å². The molecule has 1 aliphatic rings. The van der Waals surface area contributed by atoms with Gasteiger partial charge in [0.2, 0.25) is 5.91 Å². The van der Waals surface area contributed by atoms with Gasteiger partial charge in [-0.05, 0) is 42.7 Å². The van der Waals surface area contributed by atoms with Gasteiger partial charge in [0.1, 0.15) is 28.2 Å². The molecule has 0 bridgehead atoms. The minimum Gasteiger partial charge on any atom is -0.368 e. The van der Waals surface area contributed by atoms with Crippen LogP contribution >= 0.6 is 11.8 Å². The molecule has 36 heavy (non-hydrogen) atoms. The van der Waals surface area contributed by atoms with Gasteiger partial charge in [0.25, 0.3) is 0 Å². The highest BCUT2D eigenvalue weighted by molar-refractivity contribution is 8.00. The van der Waals surface area contributed by atoms with E-state index in [0.717, 1.165) is 44.3 Å². The number of unbranched alkanes of at least 4 members (excludes halogenated alkanes) is 2. The van der Waals surface area contributed by atoms with E-state index in [9.17, 15) is 15.3 Å². The van der Waals surface area contributed by atoms with Gasteiger partial charge in [0.05, 0.1) is 11.1 Å². The number of nitrogens with zero attached hydrogens (tertiary/aromatic N) is 4. The highest BCUT2D eigenvalue weighted by Crippen LogP contribution is 2.40. The summed E-state index contributed by atoms with van der Waals surface area (Å²) in [6, 6.07) is 14.0. The van der Waals surface area contributed by atoms with E-state index < -0.39 is 11.2 Å². The number of anilines is 1. The number of nitrogens with two attached hydrogens (primary N) is 2. The molecule has 2 aromatic rings. The Morgan fingerprint density at radius 3 is 2.36 bits per heavy atom. The van der Waals surface area contributed by atoms with Crippen molar-refractivity contribution in [1.29, 1.82) is 10.5 Å². The number of amides is 1. The zero-order valence-electron chi connectivity index (χ0n) is 21.2. The van der Waals surface area contributed by atoms with Crippen molar-refractivity contribution in [2.45, 2.75) is 75.1 Å². The molecule has 2 atom stereocenters. The zero-order chi connectivity index (χ0) is 26.1. The predicted molar refractivity (Wildman–Crippen MR) is 144 cm³/mol. The van der Waals surface area contributed by atoms with Crippen LogP contribution in [0.3, 0.4) is 0 Å². The predicted octanol–water partition coefficient (Wildman–Crippen LogP) is 4.83. The summed E-state index contributed by atoms with van der Waals surface area (Å²) in [5.41, 5.74) is 14.5. The lowest BCUT2D eigenvalue weighted by atomic mass is 9.87. The number of primary amides is 1. The fourth-order valence-electron chi connectivity index (χ4n) is 4.93. The van der Waals surface area contributed by atoms with E-state index in [-0.39, 0.29) is 6.04 Å².